The molecule has 2 aromatic carbocycles. The van der Waals surface area contributed by atoms with Crippen molar-refractivity contribution in [1.82, 2.24) is 14.7 Å². The van der Waals surface area contributed by atoms with Gasteiger partial charge in [-0.15, -0.1) is 0 Å². The zero-order valence-corrected chi connectivity index (χ0v) is 16.3. The van der Waals surface area contributed by atoms with Crippen LogP contribution in [-0.4, -0.2) is 34.4 Å². The van der Waals surface area contributed by atoms with Crippen LogP contribution in [0.15, 0.2) is 59.6 Å². The quantitative estimate of drug-likeness (QED) is 0.617. The van der Waals surface area contributed by atoms with Crippen molar-refractivity contribution in [3.63, 3.8) is 0 Å². The Labute approximate surface area is 166 Å². The molecule has 3 N–H and O–H groups in total. The largest absolute Gasteiger partial charge is 0.497 e. The summed E-state index contributed by atoms with van der Waals surface area (Å²) in [6.07, 6.45) is 2.61. The third-order valence-electron chi connectivity index (χ3n) is 4.37. The highest BCUT2D eigenvalue weighted by molar-refractivity contribution is 7.83. The van der Waals surface area contributed by atoms with Gasteiger partial charge in [0.2, 0.25) is 5.95 Å². The summed E-state index contributed by atoms with van der Waals surface area (Å²) in [6.45, 7) is 1.33. The number of aromatic nitrogens is 2. The predicted molar refractivity (Wildman–Crippen MR) is 111 cm³/mol. The standard InChI is InChI=1S/C20H21N5O2S/c1-27-16-8-6-14(7-9-16)18-13-22-20-24-15-4-2-5-17(12-15)28(26)23-11-3-10-21-19(18)25-20/h2,4-9,12-13,23H,3,10-11H2,1H3,(H2,21,22,24,25). The molecule has 4 bridgehead atoms. The Bertz CT molecular complexity index is 994. The van der Waals surface area contributed by atoms with Gasteiger partial charge in [-0.1, -0.05) is 18.2 Å². The molecular weight excluding hydrogens is 374 g/mol. The molecule has 0 fully saturated rings. The lowest BCUT2D eigenvalue weighted by molar-refractivity contribution is 0.415. The van der Waals surface area contributed by atoms with E-state index in [0.29, 0.717) is 23.9 Å². The maximum absolute atomic E-state index is 12.4. The maximum atomic E-state index is 12.4. The number of hydrogen-bond donors (Lipinski definition) is 3. The molecular formula is C20H21N5O2S. The molecule has 2 heterocycles. The summed E-state index contributed by atoms with van der Waals surface area (Å²) >= 11 is 0. The van der Waals surface area contributed by atoms with E-state index in [4.69, 9.17) is 4.74 Å². The first kappa shape index (κ1) is 18.4. The summed E-state index contributed by atoms with van der Waals surface area (Å²) in [5, 5.41) is 6.57. The van der Waals surface area contributed by atoms with Gasteiger partial charge in [-0.2, -0.15) is 4.98 Å². The maximum Gasteiger partial charge on any atom is 0.229 e. The van der Waals surface area contributed by atoms with Crippen LogP contribution < -0.4 is 20.1 Å². The normalized spacial score (nSPS) is 16.5. The second kappa shape index (κ2) is 8.37. The summed E-state index contributed by atoms with van der Waals surface area (Å²) in [7, 11) is 0.400. The predicted octanol–water partition coefficient (Wildman–Crippen LogP) is 3.32. The van der Waals surface area contributed by atoms with Crippen LogP contribution >= 0.6 is 0 Å². The monoisotopic (exact) mass is 395 g/mol. The molecule has 4 rings (SSSR count). The first-order valence-electron chi connectivity index (χ1n) is 9.00. The fourth-order valence-electron chi connectivity index (χ4n) is 2.92. The molecule has 0 spiro atoms. The third kappa shape index (κ3) is 4.13. The van der Waals surface area contributed by atoms with Gasteiger partial charge in [0.1, 0.15) is 22.6 Å². The topological polar surface area (TPSA) is 88.2 Å². The second-order valence-electron chi connectivity index (χ2n) is 6.28. The summed E-state index contributed by atoms with van der Waals surface area (Å²) < 4.78 is 20.7. The van der Waals surface area contributed by atoms with E-state index in [2.05, 4.69) is 25.3 Å². The van der Waals surface area contributed by atoms with Crippen LogP contribution in [0.2, 0.25) is 0 Å². The van der Waals surface area contributed by atoms with Crippen LogP contribution in [0.1, 0.15) is 6.42 Å². The van der Waals surface area contributed by atoms with E-state index >= 15 is 0 Å². The van der Waals surface area contributed by atoms with Crippen molar-refractivity contribution in [2.45, 2.75) is 11.3 Å². The lowest BCUT2D eigenvalue weighted by Crippen LogP contribution is -2.20. The molecule has 144 valence electrons. The Morgan fingerprint density at radius 3 is 2.79 bits per heavy atom. The highest BCUT2D eigenvalue weighted by atomic mass is 32.2. The smallest absolute Gasteiger partial charge is 0.229 e. The van der Waals surface area contributed by atoms with Gasteiger partial charge in [0.05, 0.1) is 12.0 Å². The lowest BCUT2D eigenvalue weighted by Gasteiger charge is -2.13. The number of benzene rings is 2. The molecule has 0 amide bonds. The van der Waals surface area contributed by atoms with Gasteiger partial charge in [-0.25, -0.2) is 13.9 Å². The SMILES string of the molecule is COc1ccc(-c2cnc3nc2NCCCNS(=O)c2cccc(c2)N3)cc1. The second-order valence-corrected chi connectivity index (χ2v) is 7.58. The molecule has 0 saturated carbocycles. The fourth-order valence-corrected chi connectivity index (χ4v) is 3.85. The van der Waals surface area contributed by atoms with Crippen molar-refractivity contribution in [2.75, 3.05) is 30.8 Å². The zero-order chi connectivity index (χ0) is 19.3. The molecule has 3 aromatic rings. The van der Waals surface area contributed by atoms with Gasteiger partial charge in [0.15, 0.2) is 0 Å². The number of nitrogens with zero attached hydrogens (tertiary/aromatic N) is 2. The van der Waals surface area contributed by atoms with Crippen LogP contribution in [0.25, 0.3) is 11.1 Å². The molecule has 1 atom stereocenters. The van der Waals surface area contributed by atoms with E-state index in [9.17, 15) is 4.21 Å². The third-order valence-corrected chi connectivity index (χ3v) is 5.52. The summed E-state index contributed by atoms with van der Waals surface area (Å²) in [4.78, 5) is 9.85. The van der Waals surface area contributed by atoms with Crippen LogP contribution in [0.4, 0.5) is 17.5 Å². The number of anilines is 3. The summed E-state index contributed by atoms with van der Waals surface area (Å²) in [6, 6.07) is 15.2. The van der Waals surface area contributed by atoms with Crippen molar-refractivity contribution in [2.24, 2.45) is 0 Å². The highest BCUT2D eigenvalue weighted by Crippen LogP contribution is 2.29. The number of methoxy groups -OCH3 is 1. The van der Waals surface area contributed by atoms with E-state index in [1.807, 2.05) is 48.5 Å². The van der Waals surface area contributed by atoms with Crippen molar-refractivity contribution >= 4 is 28.4 Å². The fraction of sp³-hybridized carbons (Fsp3) is 0.200. The Kier molecular flexibility index (Phi) is 5.50. The molecule has 1 aliphatic rings. The minimum Gasteiger partial charge on any atom is -0.497 e. The summed E-state index contributed by atoms with van der Waals surface area (Å²) in [5.74, 6) is 2.03. The molecule has 7 nitrogen and oxygen atoms in total. The number of ether oxygens (including phenoxy) is 1. The molecule has 28 heavy (non-hydrogen) atoms. The number of rotatable bonds is 2. The first-order chi connectivity index (χ1) is 13.7. The molecule has 1 aliphatic heterocycles. The molecule has 8 heteroatoms. The van der Waals surface area contributed by atoms with Crippen molar-refractivity contribution in [3.8, 4) is 16.9 Å². The molecule has 1 unspecified atom stereocenters. The lowest BCUT2D eigenvalue weighted by atomic mass is 10.1. The number of fused-ring (bicyclic) bond motifs is 4. The van der Waals surface area contributed by atoms with Gasteiger partial charge in [0.25, 0.3) is 0 Å². The average molecular weight is 395 g/mol. The summed E-state index contributed by atoms with van der Waals surface area (Å²) in [5.41, 5.74) is 2.70. The zero-order valence-electron chi connectivity index (χ0n) is 15.4. The first-order valence-corrected chi connectivity index (χ1v) is 10.2. The van der Waals surface area contributed by atoms with Crippen LogP contribution in [-0.2, 0) is 11.0 Å². The van der Waals surface area contributed by atoms with Gasteiger partial charge >= 0.3 is 0 Å². The van der Waals surface area contributed by atoms with E-state index in [0.717, 1.165) is 34.8 Å². The Hall–Kier alpha value is -2.97. The average Bonchev–Trinajstić information content (AvgIpc) is 2.74. The van der Waals surface area contributed by atoms with Crippen LogP contribution in [0.3, 0.4) is 0 Å². The Morgan fingerprint density at radius 1 is 1.11 bits per heavy atom. The molecule has 0 aliphatic carbocycles. The van der Waals surface area contributed by atoms with Gasteiger partial charge in [-0.3, -0.25) is 0 Å². The van der Waals surface area contributed by atoms with Gasteiger partial charge < -0.3 is 15.4 Å². The molecule has 0 radical (unpaired) electrons. The van der Waals surface area contributed by atoms with E-state index in [-0.39, 0.29) is 0 Å². The minimum atomic E-state index is -1.25. The van der Waals surface area contributed by atoms with E-state index in [1.54, 1.807) is 13.3 Å². The Balaban J connectivity index is 1.70. The Morgan fingerprint density at radius 2 is 1.96 bits per heavy atom. The van der Waals surface area contributed by atoms with E-state index < -0.39 is 11.0 Å². The van der Waals surface area contributed by atoms with Crippen LogP contribution in [0.5, 0.6) is 5.75 Å². The van der Waals surface area contributed by atoms with Crippen molar-refractivity contribution in [3.05, 3.63) is 54.7 Å². The van der Waals surface area contributed by atoms with Gasteiger partial charge in [-0.05, 0) is 42.3 Å². The van der Waals surface area contributed by atoms with E-state index in [1.165, 1.54) is 0 Å². The van der Waals surface area contributed by atoms with Crippen LogP contribution in [0, 0.1) is 0 Å². The highest BCUT2D eigenvalue weighted by Gasteiger charge is 2.12. The van der Waals surface area contributed by atoms with Crippen molar-refractivity contribution in [1.29, 1.82) is 0 Å². The van der Waals surface area contributed by atoms with Gasteiger partial charge in [0, 0.05) is 30.5 Å². The number of nitrogens with one attached hydrogen (secondary N) is 3. The van der Waals surface area contributed by atoms with Crippen molar-refractivity contribution < 1.29 is 8.95 Å². The number of hydrogen-bond acceptors (Lipinski definition) is 6. The molecule has 0 saturated heterocycles. The minimum absolute atomic E-state index is 0.481. The molecule has 1 aromatic heterocycles.